The van der Waals surface area contributed by atoms with E-state index in [9.17, 15) is 19.1 Å². The Kier molecular flexibility index (Phi) is 10.1. The average molecular weight is 677 g/mol. The fourth-order valence-electron chi connectivity index (χ4n) is 5.07. The smallest absolute Gasteiger partial charge is 0.252 e. The van der Waals surface area contributed by atoms with Crippen LogP contribution in [-0.2, 0) is 22.5 Å². The second kappa shape index (κ2) is 14.3. The summed E-state index contributed by atoms with van der Waals surface area (Å²) in [5.41, 5.74) is 9.18. The topological polar surface area (TPSA) is 129 Å². The molecule has 0 aliphatic carbocycles. The Balaban J connectivity index is 1.62. The molecule has 9 nitrogen and oxygen atoms in total. The molecule has 1 aliphatic heterocycles. The summed E-state index contributed by atoms with van der Waals surface area (Å²) in [6.45, 7) is -0.0892. The molecule has 45 heavy (non-hydrogen) atoms. The highest BCUT2D eigenvalue weighted by Gasteiger charge is 2.54. The van der Waals surface area contributed by atoms with Crippen LogP contribution in [0.15, 0.2) is 106 Å². The summed E-state index contributed by atoms with van der Waals surface area (Å²) >= 11 is 3.58. The number of amides is 1. The number of benzene rings is 4. The fourth-order valence-corrected chi connectivity index (χ4v) is 5.56. The van der Waals surface area contributed by atoms with Gasteiger partial charge in [-0.1, -0.05) is 69.6 Å². The van der Waals surface area contributed by atoms with Gasteiger partial charge in [-0.3, -0.25) is 4.79 Å². The number of carbonyl (C=O) groups excluding carboxylic acids is 1. The van der Waals surface area contributed by atoms with Crippen molar-refractivity contribution in [3.63, 3.8) is 0 Å². The third-order valence-corrected chi connectivity index (χ3v) is 8.03. The highest BCUT2D eigenvalue weighted by molar-refractivity contribution is 9.10. The number of azide groups is 1. The molecule has 4 aromatic carbocycles. The van der Waals surface area contributed by atoms with E-state index in [1.807, 2.05) is 6.07 Å². The number of halogens is 3. The van der Waals surface area contributed by atoms with Gasteiger partial charge in [-0.2, -0.15) is 0 Å². The van der Waals surface area contributed by atoms with Crippen LogP contribution in [0.1, 0.15) is 34.8 Å². The molecule has 0 spiro atoms. The van der Waals surface area contributed by atoms with Gasteiger partial charge in [-0.05, 0) is 53.6 Å². The number of aliphatic hydroxyl groups excluding tert-OH is 1. The Morgan fingerprint density at radius 2 is 1.76 bits per heavy atom. The van der Waals surface area contributed by atoms with Crippen LogP contribution >= 0.6 is 15.9 Å². The number of aliphatic hydroxyl groups is 1. The van der Waals surface area contributed by atoms with E-state index in [2.05, 4.69) is 31.3 Å². The van der Waals surface area contributed by atoms with Gasteiger partial charge >= 0.3 is 0 Å². The third kappa shape index (κ3) is 6.99. The predicted octanol–water partition coefficient (Wildman–Crippen LogP) is 7.25. The van der Waals surface area contributed by atoms with Crippen LogP contribution < -0.4 is 10.1 Å². The second-order valence-corrected chi connectivity index (χ2v) is 11.0. The van der Waals surface area contributed by atoms with Crippen molar-refractivity contribution < 1.29 is 28.2 Å². The molecular weight excluding hydrogens is 648 g/mol. The largest absolute Gasteiger partial charge is 0.494 e. The summed E-state index contributed by atoms with van der Waals surface area (Å²) in [7, 11) is 0. The lowest BCUT2D eigenvalue weighted by Gasteiger charge is -2.31. The van der Waals surface area contributed by atoms with Crippen LogP contribution in [0.4, 0.5) is 14.5 Å². The summed E-state index contributed by atoms with van der Waals surface area (Å²) in [6, 6.07) is 24.4. The van der Waals surface area contributed by atoms with E-state index >= 15 is 0 Å². The molecule has 230 valence electrons. The summed E-state index contributed by atoms with van der Waals surface area (Å²) in [5, 5.41) is 15.5. The van der Waals surface area contributed by atoms with E-state index in [4.69, 9.17) is 19.6 Å². The van der Waals surface area contributed by atoms with Crippen molar-refractivity contribution >= 4 is 33.4 Å². The number of hydrogen-bond acceptors (Lipinski definition) is 6. The molecule has 2 N–H and O–H groups in total. The number of aliphatic imine (C=N–C) groups is 1. The van der Waals surface area contributed by atoms with Crippen molar-refractivity contribution in [2.75, 3.05) is 13.2 Å². The van der Waals surface area contributed by atoms with Crippen molar-refractivity contribution in [1.29, 1.82) is 0 Å². The standard InChI is InChI=1S/C33H28BrF2N5O4/c34-26-9-3-2-8-24(26)30-33(19-22-7-1-4-12-29(22)40-41-37,32(43)38-20-25-27(35)10-5-11-28(25)36)39-31(45-30)21-13-15-23(16-14-21)44-18-6-17-42/h1-5,7-16,30,42H,6,17-20H2,(H,38,43)/t30-,33-/m1/s1. The molecule has 2 atom stereocenters. The van der Waals surface area contributed by atoms with Gasteiger partial charge in [-0.15, -0.1) is 0 Å². The van der Waals surface area contributed by atoms with Crippen molar-refractivity contribution in [2.45, 2.75) is 31.0 Å². The normalized spacial score (nSPS) is 17.2. The lowest BCUT2D eigenvalue weighted by Crippen LogP contribution is -2.50. The summed E-state index contributed by atoms with van der Waals surface area (Å²) in [6.07, 6.45) is -0.601. The molecule has 0 saturated carbocycles. The van der Waals surface area contributed by atoms with Crippen LogP contribution in [-0.4, -0.2) is 35.7 Å². The molecular formula is C33H28BrF2N5O4. The van der Waals surface area contributed by atoms with Crippen molar-refractivity contribution in [2.24, 2.45) is 10.1 Å². The van der Waals surface area contributed by atoms with Crippen LogP contribution in [0, 0.1) is 11.6 Å². The van der Waals surface area contributed by atoms with E-state index in [-0.39, 0.29) is 24.5 Å². The Morgan fingerprint density at radius 1 is 1.04 bits per heavy atom. The molecule has 4 aromatic rings. The third-order valence-electron chi connectivity index (χ3n) is 7.31. The maximum absolute atomic E-state index is 14.5. The Morgan fingerprint density at radius 3 is 2.47 bits per heavy atom. The maximum Gasteiger partial charge on any atom is 0.252 e. The summed E-state index contributed by atoms with van der Waals surface area (Å²) in [4.78, 5) is 22.3. The van der Waals surface area contributed by atoms with Gasteiger partial charge in [0.25, 0.3) is 5.91 Å². The van der Waals surface area contributed by atoms with Crippen molar-refractivity contribution in [1.82, 2.24) is 5.32 Å². The Hall–Kier alpha value is -4.77. The average Bonchev–Trinajstić information content (AvgIpc) is 3.42. The van der Waals surface area contributed by atoms with Crippen LogP contribution in [0.25, 0.3) is 10.4 Å². The molecule has 1 amide bonds. The molecule has 0 aromatic heterocycles. The minimum Gasteiger partial charge on any atom is -0.494 e. The predicted molar refractivity (Wildman–Crippen MR) is 168 cm³/mol. The zero-order valence-electron chi connectivity index (χ0n) is 23.9. The van der Waals surface area contributed by atoms with Crippen LogP contribution in [0.2, 0.25) is 0 Å². The molecule has 0 radical (unpaired) electrons. The van der Waals surface area contributed by atoms with E-state index < -0.39 is 35.7 Å². The van der Waals surface area contributed by atoms with Gasteiger partial charge in [0.2, 0.25) is 5.90 Å². The fraction of sp³-hybridized carbons (Fsp3) is 0.212. The number of rotatable bonds is 12. The lowest BCUT2D eigenvalue weighted by molar-refractivity contribution is -0.129. The monoisotopic (exact) mass is 675 g/mol. The number of nitrogens with one attached hydrogen (secondary N) is 1. The maximum atomic E-state index is 14.5. The highest BCUT2D eigenvalue weighted by atomic mass is 79.9. The first-order valence-corrected chi connectivity index (χ1v) is 14.8. The molecule has 5 rings (SSSR count). The van der Waals surface area contributed by atoms with Crippen molar-refractivity contribution in [3.05, 3.63) is 140 Å². The van der Waals surface area contributed by atoms with E-state index in [0.717, 1.165) is 12.1 Å². The first-order chi connectivity index (χ1) is 21.9. The van der Waals surface area contributed by atoms with Gasteiger partial charge in [0.15, 0.2) is 11.6 Å². The number of hydrogen-bond donors (Lipinski definition) is 2. The quantitative estimate of drug-likeness (QED) is 0.0709. The first-order valence-electron chi connectivity index (χ1n) is 14.1. The highest BCUT2D eigenvalue weighted by Crippen LogP contribution is 2.45. The lowest BCUT2D eigenvalue weighted by atomic mass is 9.81. The van der Waals surface area contributed by atoms with E-state index in [1.54, 1.807) is 66.7 Å². The minimum absolute atomic E-state index is 0.00960. The molecule has 1 aliphatic rings. The van der Waals surface area contributed by atoms with Gasteiger partial charge in [-0.25, -0.2) is 13.8 Å². The Labute approximate surface area is 266 Å². The zero-order valence-corrected chi connectivity index (χ0v) is 25.5. The molecule has 0 bridgehead atoms. The molecule has 1 heterocycles. The van der Waals surface area contributed by atoms with Gasteiger partial charge < -0.3 is 19.9 Å². The van der Waals surface area contributed by atoms with Crippen molar-refractivity contribution in [3.8, 4) is 5.75 Å². The number of carbonyl (C=O) groups is 1. The van der Waals surface area contributed by atoms with Crippen LogP contribution in [0.5, 0.6) is 5.75 Å². The van der Waals surface area contributed by atoms with E-state index in [1.165, 1.54) is 6.07 Å². The molecule has 0 saturated heterocycles. The van der Waals surface area contributed by atoms with Gasteiger partial charge in [0.05, 0.1) is 6.61 Å². The van der Waals surface area contributed by atoms with Crippen LogP contribution in [0.3, 0.4) is 0 Å². The first kappa shape index (κ1) is 31.6. The summed E-state index contributed by atoms with van der Waals surface area (Å²) < 4.78 is 41.9. The second-order valence-electron chi connectivity index (χ2n) is 10.2. The van der Waals surface area contributed by atoms with E-state index in [0.29, 0.717) is 45.6 Å². The molecule has 12 heteroatoms. The number of nitrogens with zero attached hydrogens (tertiary/aromatic N) is 4. The number of ether oxygens (including phenoxy) is 2. The Bertz CT molecular complexity index is 1740. The minimum atomic E-state index is -1.71. The van der Waals surface area contributed by atoms with Gasteiger partial charge in [0, 0.05) is 57.8 Å². The van der Waals surface area contributed by atoms with Gasteiger partial charge in [0.1, 0.15) is 17.4 Å². The molecule has 0 fully saturated rings. The zero-order chi connectivity index (χ0) is 31.8. The molecule has 0 unspecified atom stereocenters. The summed E-state index contributed by atoms with van der Waals surface area (Å²) in [5.74, 6) is -1.51. The SMILES string of the molecule is [N-]=[N+]=Nc1ccccc1C[C@@]1(C(=O)NCc2c(F)cccc2F)N=C(c2ccc(OCCCO)cc2)O[C@@H]1c1ccccc1Br.